The summed E-state index contributed by atoms with van der Waals surface area (Å²) in [4.78, 5) is 15.9. The number of aromatic amines is 1. The molecule has 0 aliphatic carbocycles. The molecule has 3 heterocycles. The van der Waals surface area contributed by atoms with Gasteiger partial charge in [-0.3, -0.25) is 4.79 Å². The first kappa shape index (κ1) is 21.8. The molecule has 0 saturated carbocycles. The van der Waals surface area contributed by atoms with Gasteiger partial charge in [-0.2, -0.15) is 9.40 Å². The molecule has 1 fully saturated rings. The zero-order valence-corrected chi connectivity index (χ0v) is 19.0. The summed E-state index contributed by atoms with van der Waals surface area (Å²) in [6.45, 7) is 1.03. The normalized spacial score (nSPS) is 14.8. The summed E-state index contributed by atoms with van der Waals surface area (Å²) in [5.74, 6) is -0.611. The van der Waals surface area contributed by atoms with Crippen LogP contribution in [-0.2, 0) is 14.8 Å². The van der Waals surface area contributed by atoms with Crippen molar-refractivity contribution in [2.45, 2.75) is 22.8 Å². The minimum Gasteiger partial charge on any atom is -0.352 e. The molecule has 1 aliphatic rings. The molecule has 33 heavy (non-hydrogen) atoms. The van der Waals surface area contributed by atoms with E-state index in [9.17, 15) is 17.6 Å². The van der Waals surface area contributed by atoms with Crippen molar-refractivity contribution in [2.75, 3.05) is 24.2 Å². The number of fused-ring (bicyclic) bond motifs is 3. The Kier molecular flexibility index (Phi) is 5.77. The van der Waals surface area contributed by atoms with Crippen molar-refractivity contribution in [3.8, 4) is 0 Å². The van der Waals surface area contributed by atoms with Crippen LogP contribution < -0.4 is 5.32 Å². The average molecular weight is 486 g/mol. The molecule has 2 N–H and O–H groups in total. The second-order valence-electron chi connectivity index (χ2n) is 7.73. The molecule has 1 amide bonds. The van der Waals surface area contributed by atoms with E-state index in [1.807, 2.05) is 0 Å². The third kappa shape index (κ3) is 4.31. The molecule has 4 aromatic rings. The maximum Gasteiger partial charge on any atom is 0.243 e. The Balaban J connectivity index is 1.30. The lowest BCUT2D eigenvalue weighted by Gasteiger charge is -2.16. The van der Waals surface area contributed by atoms with E-state index in [-0.39, 0.29) is 22.4 Å². The first-order chi connectivity index (χ1) is 15.9. The Bertz CT molecular complexity index is 1470. The standard InChI is InChI=1S/C22H20FN5O3S2/c23-14-6-7-19-17(10-14)18-12-24-27-22(21(18)26-19)32-13-20(29)25-15-4-3-5-16(11-15)33(30,31)28-8-1-2-9-28/h3-7,10-12,26H,1-2,8-9,13H2,(H,25,29). The number of anilines is 1. The van der Waals surface area contributed by atoms with Crippen LogP contribution in [0.5, 0.6) is 0 Å². The maximum absolute atomic E-state index is 13.6. The number of carbonyl (C=O) groups excluding carboxylic acids is 1. The Labute approximate surface area is 193 Å². The highest BCUT2D eigenvalue weighted by atomic mass is 32.2. The largest absolute Gasteiger partial charge is 0.352 e. The number of sulfonamides is 1. The maximum atomic E-state index is 13.6. The number of carbonyl (C=O) groups is 1. The molecule has 5 rings (SSSR count). The molecule has 0 atom stereocenters. The summed E-state index contributed by atoms with van der Waals surface area (Å²) in [6.07, 6.45) is 3.27. The Morgan fingerprint density at radius 2 is 1.97 bits per heavy atom. The number of aromatic nitrogens is 3. The number of halogens is 1. The van der Waals surface area contributed by atoms with Crippen LogP contribution >= 0.6 is 11.8 Å². The molecule has 0 unspecified atom stereocenters. The fourth-order valence-corrected chi connectivity index (χ4v) is 6.23. The SMILES string of the molecule is O=C(CSc1nncc2c1[nH]c1ccc(F)cc12)Nc1cccc(S(=O)(=O)N2CCCC2)c1. The quantitative estimate of drug-likeness (QED) is 0.403. The van der Waals surface area contributed by atoms with E-state index in [2.05, 4.69) is 20.5 Å². The number of rotatable bonds is 6. The van der Waals surface area contributed by atoms with Crippen LogP contribution in [0, 0.1) is 5.82 Å². The smallest absolute Gasteiger partial charge is 0.243 e. The fourth-order valence-electron chi connectivity index (χ4n) is 3.92. The fraction of sp³-hybridized carbons (Fsp3) is 0.227. The van der Waals surface area contributed by atoms with Gasteiger partial charge in [0.25, 0.3) is 0 Å². The Hall–Kier alpha value is -3.02. The summed E-state index contributed by atoms with van der Waals surface area (Å²) in [7, 11) is -3.56. The van der Waals surface area contributed by atoms with Crippen molar-refractivity contribution < 1.29 is 17.6 Å². The summed E-state index contributed by atoms with van der Waals surface area (Å²) < 4.78 is 40.7. The van der Waals surface area contributed by atoms with Gasteiger partial charge >= 0.3 is 0 Å². The zero-order valence-electron chi connectivity index (χ0n) is 17.4. The van der Waals surface area contributed by atoms with Gasteiger partial charge in [0.2, 0.25) is 15.9 Å². The first-order valence-electron chi connectivity index (χ1n) is 10.4. The zero-order chi connectivity index (χ0) is 23.0. The van der Waals surface area contributed by atoms with Crippen LogP contribution in [0.1, 0.15) is 12.8 Å². The molecule has 0 radical (unpaired) electrons. The lowest BCUT2D eigenvalue weighted by molar-refractivity contribution is -0.113. The van der Waals surface area contributed by atoms with E-state index >= 15 is 0 Å². The van der Waals surface area contributed by atoms with Gasteiger partial charge in [0.15, 0.2) is 0 Å². The monoisotopic (exact) mass is 485 g/mol. The minimum absolute atomic E-state index is 0.0423. The van der Waals surface area contributed by atoms with Crippen LogP contribution in [0.2, 0.25) is 0 Å². The molecule has 1 saturated heterocycles. The predicted octanol–water partition coefficient (Wildman–Crippen LogP) is 3.77. The molecule has 0 spiro atoms. The lowest BCUT2D eigenvalue weighted by Crippen LogP contribution is -2.28. The molecule has 170 valence electrons. The van der Waals surface area contributed by atoms with Gasteiger partial charge in [0, 0.05) is 35.1 Å². The van der Waals surface area contributed by atoms with Gasteiger partial charge in [0.1, 0.15) is 10.8 Å². The van der Waals surface area contributed by atoms with Crippen molar-refractivity contribution in [1.29, 1.82) is 0 Å². The highest BCUT2D eigenvalue weighted by molar-refractivity contribution is 8.00. The van der Waals surface area contributed by atoms with Crippen LogP contribution in [0.15, 0.2) is 58.6 Å². The Morgan fingerprint density at radius 1 is 1.15 bits per heavy atom. The molecule has 2 aromatic carbocycles. The van der Waals surface area contributed by atoms with Gasteiger partial charge in [-0.05, 0) is 49.2 Å². The molecule has 8 nitrogen and oxygen atoms in total. The number of benzene rings is 2. The van der Waals surface area contributed by atoms with Crippen molar-refractivity contribution >= 4 is 55.2 Å². The third-order valence-electron chi connectivity index (χ3n) is 5.51. The molecule has 11 heteroatoms. The molecule has 1 aliphatic heterocycles. The van der Waals surface area contributed by atoms with Crippen LogP contribution in [-0.4, -0.2) is 52.7 Å². The summed E-state index contributed by atoms with van der Waals surface area (Å²) in [5, 5.41) is 12.8. The summed E-state index contributed by atoms with van der Waals surface area (Å²) >= 11 is 1.19. The number of hydrogen-bond donors (Lipinski definition) is 2. The van der Waals surface area contributed by atoms with E-state index in [4.69, 9.17) is 0 Å². The highest BCUT2D eigenvalue weighted by Crippen LogP contribution is 2.31. The van der Waals surface area contributed by atoms with Crippen molar-refractivity contribution in [2.24, 2.45) is 0 Å². The van der Waals surface area contributed by atoms with Gasteiger partial charge < -0.3 is 10.3 Å². The van der Waals surface area contributed by atoms with E-state index in [0.29, 0.717) is 34.7 Å². The van der Waals surface area contributed by atoms with Crippen molar-refractivity contribution in [1.82, 2.24) is 19.5 Å². The second kappa shape index (κ2) is 8.73. The van der Waals surface area contributed by atoms with Crippen molar-refractivity contribution in [3.63, 3.8) is 0 Å². The Morgan fingerprint density at radius 3 is 2.79 bits per heavy atom. The number of nitrogens with zero attached hydrogens (tertiary/aromatic N) is 3. The molecular formula is C22H20FN5O3S2. The number of hydrogen-bond acceptors (Lipinski definition) is 6. The summed E-state index contributed by atoms with van der Waals surface area (Å²) in [5.41, 5.74) is 1.84. The van der Waals surface area contributed by atoms with Gasteiger partial charge in [0.05, 0.1) is 22.4 Å². The average Bonchev–Trinajstić information content (AvgIpc) is 3.47. The van der Waals surface area contributed by atoms with E-state index in [1.54, 1.807) is 24.4 Å². The third-order valence-corrected chi connectivity index (χ3v) is 8.37. The van der Waals surface area contributed by atoms with E-state index in [1.165, 1.54) is 40.3 Å². The lowest BCUT2D eigenvalue weighted by atomic mass is 10.2. The van der Waals surface area contributed by atoms with E-state index < -0.39 is 10.0 Å². The number of thioether (sulfide) groups is 1. The van der Waals surface area contributed by atoms with Crippen LogP contribution in [0.25, 0.3) is 21.8 Å². The number of nitrogens with one attached hydrogen (secondary N) is 2. The van der Waals surface area contributed by atoms with Crippen LogP contribution in [0.3, 0.4) is 0 Å². The van der Waals surface area contributed by atoms with Crippen molar-refractivity contribution in [3.05, 3.63) is 54.5 Å². The van der Waals surface area contributed by atoms with Gasteiger partial charge in [-0.1, -0.05) is 17.8 Å². The minimum atomic E-state index is -3.56. The molecule has 2 aromatic heterocycles. The topological polar surface area (TPSA) is 108 Å². The molecule has 0 bridgehead atoms. The van der Waals surface area contributed by atoms with Crippen LogP contribution in [0.4, 0.5) is 10.1 Å². The summed E-state index contributed by atoms with van der Waals surface area (Å²) in [6, 6.07) is 10.7. The second-order valence-corrected chi connectivity index (χ2v) is 10.6. The van der Waals surface area contributed by atoms with E-state index in [0.717, 1.165) is 23.7 Å². The predicted molar refractivity (Wildman–Crippen MR) is 125 cm³/mol. The highest BCUT2D eigenvalue weighted by Gasteiger charge is 2.27. The number of amides is 1. The van der Waals surface area contributed by atoms with Gasteiger partial charge in [-0.25, -0.2) is 12.8 Å². The van der Waals surface area contributed by atoms with Gasteiger partial charge in [-0.15, -0.1) is 5.10 Å². The first-order valence-corrected chi connectivity index (χ1v) is 12.8. The molecular weight excluding hydrogens is 465 g/mol. The number of H-pyrrole nitrogens is 1.